The minimum absolute atomic E-state index is 0. The molecular formula is C50H82Na2O41S2. The van der Waals surface area contributed by atoms with Crippen LogP contribution in [0.3, 0.4) is 0 Å². The van der Waals surface area contributed by atoms with Gasteiger partial charge >= 0.3 is 59.1 Å². The summed E-state index contributed by atoms with van der Waals surface area (Å²) in [6.45, 7) is -8.38. The number of ether oxygens (including phenoxy) is 16. The Morgan fingerprint density at radius 3 is 0.968 bits per heavy atom. The van der Waals surface area contributed by atoms with E-state index in [1.165, 1.54) is 0 Å². The molecule has 33 unspecified atom stereocenters. The largest absolute Gasteiger partial charge is 1.00 e. The maximum absolute atomic E-state index is 12.3. The summed E-state index contributed by atoms with van der Waals surface area (Å²) in [6, 6.07) is 0. The van der Waals surface area contributed by atoms with Crippen LogP contribution in [0.4, 0.5) is 0 Å². The molecule has 33 atom stereocenters. The van der Waals surface area contributed by atoms with Crippen LogP contribution in [-0.2, 0) is 96.0 Å². The zero-order valence-electron chi connectivity index (χ0n) is 51.0. The summed E-state index contributed by atoms with van der Waals surface area (Å²) >= 11 is 0. The van der Waals surface area contributed by atoms with Gasteiger partial charge in [0.2, 0.25) is 12.6 Å². The van der Waals surface area contributed by atoms with Gasteiger partial charge in [0.15, 0.2) is 43.0 Å². The van der Waals surface area contributed by atoms with Gasteiger partial charge in [-0.05, 0) is 25.7 Å². The first-order valence-corrected chi connectivity index (χ1v) is 32.6. The first kappa shape index (κ1) is 83.8. The molecule has 0 radical (unpaired) electrons. The summed E-state index contributed by atoms with van der Waals surface area (Å²) in [5, 5.41) is 213. The summed E-state index contributed by atoms with van der Waals surface area (Å²) in [5.41, 5.74) is 0. The number of aliphatic hydroxyl groups is 19. The maximum atomic E-state index is 12.3. The van der Waals surface area contributed by atoms with Gasteiger partial charge in [0.05, 0.1) is 59.9 Å². The van der Waals surface area contributed by atoms with Gasteiger partial charge in [-0.3, -0.25) is 0 Å². The van der Waals surface area contributed by atoms with Crippen LogP contribution in [0.2, 0.25) is 0 Å². The summed E-state index contributed by atoms with van der Waals surface area (Å²) in [6.07, 6.45) is -69.8. The number of unbranched alkanes of at least 4 members (excludes halogenated alkanes) is 2. The Kier molecular flexibility index (Phi) is 32.6. The van der Waals surface area contributed by atoms with E-state index < -0.39 is 299 Å². The standard InChI is InChI=1S/C50H84O41S2.2Na/c51-9-16-36-23(57)29(63)45(78-16)86-38-18(11-53)80-47(31(65)25(38)59)88-40-20(13-55)82-49(33(67)27(40)61)90-42-22(15-76-5-1-3-7-92(70,71)72)84-50(43(35(42)69)77-6-2-4-8-93(73,74)75)91-41-21(14-56)83-48(34(68)28(41)62)89-39-19(12-54)81-46(32(66)26(39)60)87-37-17(10-52)79-44(85-36)30(64)24(37)58;;/h16-20,22-40,42-69H,1-15H2,(H,70,71,72)(H,73,74,75);;/q;2*+1/p-2. The molecular weight excluding hydrogens is 1370 g/mol. The minimum Gasteiger partial charge on any atom is -0.748 e. The normalized spacial score (nSPS) is 45.5. The second-order valence-corrected chi connectivity index (χ2v) is 26.1. The summed E-state index contributed by atoms with van der Waals surface area (Å²) < 4.78 is 161. The SMILES string of the molecule is O=S(=O)([O-])CCCCOCC1OC2OC3=C(CO)OC(OC4C(CO)OC(OC5C(CO)OC(OC6C(CO)OC(OC7C(CO)OC(OC8C(CO)OC(OC1C(O)C2OCCCCS(=O)(=O)[O-])C(O)C8O)C(O)C7O)C(O)C6O)C(O)C5O)C(O)C4O)C(O)C3O.[Na+].[Na+]. The van der Waals surface area contributed by atoms with E-state index in [9.17, 15) is 123 Å². The maximum Gasteiger partial charge on any atom is 1.00 e. The monoisotopic (exact) mass is 1450 g/mol. The van der Waals surface area contributed by atoms with Gasteiger partial charge < -0.3 is 182 Å². The molecule has 8 saturated heterocycles. The average Bonchev–Trinajstić information content (AvgIpc) is 0.787. The smallest absolute Gasteiger partial charge is 0.748 e. The van der Waals surface area contributed by atoms with Crippen LogP contribution in [0.15, 0.2) is 11.5 Å². The predicted octanol–water partition coefficient (Wildman–Crippen LogP) is -20.0. The average molecular weight is 1450 g/mol. The van der Waals surface area contributed by atoms with Gasteiger partial charge in [0.1, 0.15) is 165 Å². The molecule has 0 amide bonds. The van der Waals surface area contributed by atoms with Gasteiger partial charge in [-0.15, -0.1) is 0 Å². The molecule has 45 heteroatoms. The second kappa shape index (κ2) is 37.0. The molecule has 542 valence electrons. The molecule has 0 aliphatic carbocycles. The molecule has 21 rings (SSSR count). The fraction of sp³-hybridized carbons (Fsp3) is 0.960. The van der Waals surface area contributed by atoms with Crippen molar-refractivity contribution in [3.05, 3.63) is 11.5 Å². The fourth-order valence-electron chi connectivity index (χ4n) is 11.6. The molecule has 0 aromatic heterocycles. The fourth-order valence-corrected chi connectivity index (χ4v) is 12.7. The Morgan fingerprint density at radius 2 is 0.653 bits per heavy atom. The molecule has 21 heterocycles. The van der Waals surface area contributed by atoms with Crippen molar-refractivity contribution in [1.82, 2.24) is 0 Å². The van der Waals surface area contributed by atoms with Crippen LogP contribution in [0.5, 0.6) is 0 Å². The van der Waals surface area contributed by atoms with Crippen molar-refractivity contribution in [2.75, 3.05) is 71.0 Å². The molecule has 0 saturated carbocycles. The van der Waals surface area contributed by atoms with Gasteiger partial charge in [0, 0.05) is 24.7 Å². The van der Waals surface area contributed by atoms with E-state index in [0.29, 0.717) is 0 Å². The van der Waals surface area contributed by atoms with Crippen molar-refractivity contribution >= 4 is 20.2 Å². The van der Waals surface area contributed by atoms with Crippen LogP contribution in [0.1, 0.15) is 25.7 Å². The van der Waals surface area contributed by atoms with Crippen LogP contribution in [0.25, 0.3) is 0 Å². The Balaban J connectivity index is 0.00000714. The first-order valence-electron chi connectivity index (χ1n) is 29.5. The molecule has 21 aliphatic rings. The third kappa shape index (κ3) is 20.0. The van der Waals surface area contributed by atoms with E-state index in [2.05, 4.69) is 0 Å². The van der Waals surface area contributed by atoms with Crippen LogP contribution >= 0.6 is 0 Å². The summed E-state index contributed by atoms with van der Waals surface area (Å²) in [7, 11) is -9.43. The first-order chi connectivity index (χ1) is 44.0. The topological polar surface area (TPSA) is 646 Å². The zero-order valence-corrected chi connectivity index (χ0v) is 56.6. The summed E-state index contributed by atoms with van der Waals surface area (Å²) in [4.78, 5) is 0. The molecule has 14 bridgehead atoms. The van der Waals surface area contributed by atoms with E-state index in [-0.39, 0.29) is 91.4 Å². The van der Waals surface area contributed by atoms with Gasteiger partial charge in [-0.1, -0.05) is 0 Å². The zero-order chi connectivity index (χ0) is 68.1. The van der Waals surface area contributed by atoms with E-state index in [4.69, 9.17) is 75.8 Å². The van der Waals surface area contributed by atoms with Crippen molar-refractivity contribution in [3.8, 4) is 0 Å². The van der Waals surface area contributed by atoms with Gasteiger partial charge in [-0.25, -0.2) is 16.8 Å². The second-order valence-electron chi connectivity index (χ2n) is 23.0. The van der Waals surface area contributed by atoms with Crippen LogP contribution < -0.4 is 59.1 Å². The molecule has 8 fully saturated rings. The number of aliphatic hydroxyl groups excluding tert-OH is 19. The van der Waals surface area contributed by atoms with Crippen molar-refractivity contribution in [3.63, 3.8) is 0 Å². The molecule has 41 nitrogen and oxygen atoms in total. The van der Waals surface area contributed by atoms with Crippen molar-refractivity contribution in [1.29, 1.82) is 0 Å². The van der Waals surface area contributed by atoms with E-state index in [1.807, 2.05) is 0 Å². The third-order valence-electron chi connectivity index (χ3n) is 16.6. The number of hydrogen-bond donors (Lipinski definition) is 19. The summed E-state index contributed by atoms with van der Waals surface area (Å²) in [5.74, 6) is -3.37. The molecule has 95 heavy (non-hydrogen) atoms. The molecule has 19 N–H and O–H groups in total. The Labute approximate surface area is 585 Å². The molecule has 0 spiro atoms. The van der Waals surface area contributed by atoms with E-state index in [0.717, 1.165) is 0 Å². The van der Waals surface area contributed by atoms with Gasteiger partial charge in [-0.2, -0.15) is 0 Å². The van der Waals surface area contributed by atoms with Gasteiger partial charge in [0.25, 0.3) is 0 Å². The molecule has 0 aromatic rings. The Morgan fingerprint density at radius 1 is 0.347 bits per heavy atom. The van der Waals surface area contributed by atoms with E-state index in [1.54, 1.807) is 0 Å². The molecule has 21 aliphatic heterocycles. The third-order valence-corrected chi connectivity index (χ3v) is 18.2. The van der Waals surface area contributed by atoms with E-state index >= 15 is 0 Å². The predicted molar refractivity (Wildman–Crippen MR) is 283 cm³/mol. The molecule has 0 aromatic carbocycles. The van der Waals surface area contributed by atoms with Crippen LogP contribution in [-0.4, -0.2) is 397 Å². The number of rotatable bonds is 19. The van der Waals surface area contributed by atoms with Crippen molar-refractivity contribution in [2.24, 2.45) is 0 Å². The number of hydrogen-bond acceptors (Lipinski definition) is 41. The van der Waals surface area contributed by atoms with Crippen molar-refractivity contribution < 1.29 is 258 Å². The van der Waals surface area contributed by atoms with Crippen LogP contribution in [0, 0.1) is 0 Å². The quantitative estimate of drug-likeness (QED) is 0.0324. The Bertz CT molecular complexity index is 2580. The minimum atomic E-state index is -4.76. The van der Waals surface area contributed by atoms with Crippen molar-refractivity contribution in [2.45, 2.75) is 228 Å². The Hall–Kier alpha value is -0.160.